The van der Waals surface area contributed by atoms with Crippen LogP contribution in [-0.2, 0) is 4.79 Å². The van der Waals surface area contributed by atoms with Crippen molar-refractivity contribution >= 4 is 5.78 Å². The fourth-order valence-corrected chi connectivity index (χ4v) is 1.50. The lowest BCUT2D eigenvalue weighted by molar-refractivity contribution is -0.120. The summed E-state index contributed by atoms with van der Waals surface area (Å²) in [5.41, 5.74) is 5.40. The Labute approximate surface area is 66.2 Å². The minimum absolute atomic E-state index is 0.0737. The van der Waals surface area contributed by atoms with Crippen LogP contribution in [-0.4, -0.2) is 11.8 Å². The van der Waals surface area contributed by atoms with Crippen molar-refractivity contribution in [2.45, 2.75) is 31.7 Å². The van der Waals surface area contributed by atoms with Gasteiger partial charge in [-0.2, -0.15) is 5.26 Å². The van der Waals surface area contributed by atoms with Gasteiger partial charge in [0.1, 0.15) is 5.78 Å². The average Bonchev–Trinajstić information content (AvgIpc) is 2.37. The number of hydrogen-bond donors (Lipinski definition) is 1. The smallest absolute Gasteiger partial charge is 0.136 e. The van der Waals surface area contributed by atoms with E-state index in [1.807, 2.05) is 6.07 Å². The zero-order valence-electron chi connectivity index (χ0n) is 6.42. The SMILES string of the molecule is N#C[C@@H](N)C[C@@H]1CCCC1=O. The first-order valence-electron chi connectivity index (χ1n) is 3.92. The van der Waals surface area contributed by atoms with Crippen LogP contribution in [0.15, 0.2) is 0 Å². The van der Waals surface area contributed by atoms with Crippen molar-refractivity contribution in [3.63, 3.8) is 0 Å². The van der Waals surface area contributed by atoms with Gasteiger partial charge in [-0.05, 0) is 19.3 Å². The number of nitrogens with zero attached hydrogens (tertiary/aromatic N) is 1. The zero-order valence-corrected chi connectivity index (χ0v) is 6.42. The van der Waals surface area contributed by atoms with Crippen LogP contribution in [0.1, 0.15) is 25.7 Å². The van der Waals surface area contributed by atoms with Crippen molar-refractivity contribution in [1.29, 1.82) is 5.26 Å². The van der Waals surface area contributed by atoms with E-state index in [0.29, 0.717) is 12.8 Å². The molecule has 1 rings (SSSR count). The van der Waals surface area contributed by atoms with E-state index in [-0.39, 0.29) is 11.7 Å². The molecule has 0 bridgehead atoms. The highest BCUT2D eigenvalue weighted by atomic mass is 16.1. The first-order chi connectivity index (χ1) is 5.24. The maximum absolute atomic E-state index is 11.1. The van der Waals surface area contributed by atoms with Crippen LogP contribution >= 0.6 is 0 Å². The van der Waals surface area contributed by atoms with Gasteiger partial charge in [0.2, 0.25) is 0 Å². The van der Waals surface area contributed by atoms with Gasteiger partial charge in [-0.25, -0.2) is 0 Å². The highest BCUT2D eigenvalue weighted by molar-refractivity contribution is 5.82. The lowest BCUT2D eigenvalue weighted by Gasteiger charge is -2.07. The molecule has 11 heavy (non-hydrogen) atoms. The molecule has 60 valence electrons. The molecule has 0 amide bonds. The van der Waals surface area contributed by atoms with Gasteiger partial charge in [0.25, 0.3) is 0 Å². The number of rotatable bonds is 2. The van der Waals surface area contributed by atoms with E-state index in [4.69, 9.17) is 11.0 Å². The van der Waals surface area contributed by atoms with Gasteiger partial charge in [-0.3, -0.25) is 4.79 Å². The maximum Gasteiger partial charge on any atom is 0.136 e. The first kappa shape index (κ1) is 8.22. The Kier molecular flexibility index (Phi) is 2.61. The second-order valence-corrected chi connectivity index (χ2v) is 3.03. The van der Waals surface area contributed by atoms with Crippen LogP contribution in [0, 0.1) is 17.2 Å². The topological polar surface area (TPSA) is 66.9 Å². The molecule has 0 aromatic rings. The Bertz CT molecular complexity index is 195. The summed E-state index contributed by atoms with van der Waals surface area (Å²) in [6.45, 7) is 0. The van der Waals surface area contributed by atoms with Gasteiger partial charge in [0.05, 0.1) is 12.1 Å². The van der Waals surface area contributed by atoms with E-state index in [2.05, 4.69) is 0 Å². The molecule has 1 saturated carbocycles. The van der Waals surface area contributed by atoms with Gasteiger partial charge < -0.3 is 5.73 Å². The number of nitriles is 1. The Hall–Kier alpha value is -0.880. The van der Waals surface area contributed by atoms with Crippen LogP contribution in [0.5, 0.6) is 0 Å². The number of ketones is 1. The summed E-state index contributed by atoms with van der Waals surface area (Å²) >= 11 is 0. The molecule has 0 heterocycles. The number of carbonyl (C=O) groups excluding carboxylic acids is 1. The molecule has 0 spiro atoms. The third-order valence-electron chi connectivity index (χ3n) is 2.14. The summed E-state index contributed by atoms with van der Waals surface area (Å²) in [6.07, 6.45) is 3.13. The van der Waals surface area contributed by atoms with E-state index < -0.39 is 6.04 Å². The monoisotopic (exact) mass is 152 g/mol. The van der Waals surface area contributed by atoms with E-state index in [1.54, 1.807) is 0 Å². The molecule has 0 aromatic carbocycles. The van der Waals surface area contributed by atoms with Crippen LogP contribution < -0.4 is 5.73 Å². The van der Waals surface area contributed by atoms with Crippen LogP contribution in [0.3, 0.4) is 0 Å². The van der Waals surface area contributed by atoms with E-state index in [9.17, 15) is 4.79 Å². The van der Waals surface area contributed by atoms with Gasteiger partial charge in [-0.1, -0.05) is 0 Å². The minimum atomic E-state index is -0.456. The van der Waals surface area contributed by atoms with Crippen molar-refractivity contribution < 1.29 is 4.79 Å². The largest absolute Gasteiger partial charge is 0.316 e. The quantitative estimate of drug-likeness (QED) is 0.630. The van der Waals surface area contributed by atoms with Crippen molar-refractivity contribution in [1.82, 2.24) is 0 Å². The number of hydrogen-bond acceptors (Lipinski definition) is 3. The minimum Gasteiger partial charge on any atom is -0.316 e. The lowest BCUT2D eigenvalue weighted by atomic mass is 9.99. The van der Waals surface area contributed by atoms with Gasteiger partial charge in [0.15, 0.2) is 0 Å². The lowest BCUT2D eigenvalue weighted by Crippen LogP contribution is -2.23. The standard InChI is InChI=1S/C8H12N2O/c9-5-7(10)4-6-2-1-3-8(6)11/h6-7H,1-4,10H2/t6-,7-/m0/s1. The summed E-state index contributed by atoms with van der Waals surface area (Å²) in [5.74, 6) is 0.361. The summed E-state index contributed by atoms with van der Waals surface area (Å²) in [6, 6.07) is 1.48. The molecule has 2 N–H and O–H groups in total. The third-order valence-corrected chi connectivity index (χ3v) is 2.14. The average molecular weight is 152 g/mol. The molecule has 0 aromatic heterocycles. The molecule has 3 nitrogen and oxygen atoms in total. The Morgan fingerprint density at radius 1 is 1.82 bits per heavy atom. The number of carbonyl (C=O) groups is 1. The number of Topliss-reactive ketones (excluding diaryl/α,β-unsaturated/α-hetero) is 1. The normalized spacial score (nSPS) is 26.5. The van der Waals surface area contributed by atoms with Crippen molar-refractivity contribution in [2.75, 3.05) is 0 Å². The summed E-state index contributed by atoms with van der Waals surface area (Å²) < 4.78 is 0. The van der Waals surface area contributed by atoms with Crippen molar-refractivity contribution in [2.24, 2.45) is 11.7 Å². The Balaban J connectivity index is 2.38. The summed E-state index contributed by atoms with van der Waals surface area (Å²) in [7, 11) is 0. The molecule has 1 fully saturated rings. The molecule has 2 atom stereocenters. The predicted octanol–water partition coefficient (Wildman–Crippen LogP) is 0.597. The van der Waals surface area contributed by atoms with Gasteiger partial charge in [0, 0.05) is 12.3 Å². The molecular formula is C8H12N2O. The fraction of sp³-hybridized carbons (Fsp3) is 0.750. The van der Waals surface area contributed by atoms with E-state index in [0.717, 1.165) is 12.8 Å². The van der Waals surface area contributed by atoms with E-state index in [1.165, 1.54) is 0 Å². The predicted molar refractivity (Wildman–Crippen MR) is 40.6 cm³/mol. The second-order valence-electron chi connectivity index (χ2n) is 3.03. The molecule has 0 radical (unpaired) electrons. The molecule has 1 aliphatic rings. The van der Waals surface area contributed by atoms with Crippen LogP contribution in [0.4, 0.5) is 0 Å². The molecule has 1 aliphatic carbocycles. The fourth-order valence-electron chi connectivity index (χ4n) is 1.50. The highest BCUT2D eigenvalue weighted by Crippen LogP contribution is 2.24. The van der Waals surface area contributed by atoms with Crippen molar-refractivity contribution in [3.05, 3.63) is 0 Å². The zero-order chi connectivity index (χ0) is 8.27. The molecule has 0 aliphatic heterocycles. The summed E-state index contributed by atoms with van der Waals surface area (Å²) in [4.78, 5) is 11.1. The molecule has 0 unspecified atom stereocenters. The Morgan fingerprint density at radius 3 is 3.00 bits per heavy atom. The van der Waals surface area contributed by atoms with E-state index >= 15 is 0 Å². The van der Waals surface area contributed by atoms with Crippen molar-refractivity contribution in [3.8, 4) is 6.07 Å². The van der Waals surface area contributed by atoms with Crippen LogP contribution in [0.2, 0.25) is 0 Å². The molecular weight excluding hydrogens is 140 g/mol. The van der Waals surface area contributed by atoms with Gasteiger partial charge in [-0.15, -0.1) is 0 Å². The highest BCUT2D eigenvalue weighted by Gasteiger charge is 2.25. The molecule has 0 saturated heterocycles. The third kappa shape index (κ3) is 2.02. The number of nitrogens with two attached hydrogens (primary N) is 1. The second kappa shape index (κ2) is 3.49. The summed E-state index contributed by atoms with van der Waals surface area (Å²) in [5, 5.41) is 8.40. The van der Waals surface area contributed by atoms with Crippen LogP contribution in [0.25, 0.3) is 0 Å². The van der Waals surface area contributed by atoms with Gasteiger partial charge >= 0.3 is 0 Å². The molecule has 3 heteroatoms. The Morgan fingerprint density at radius 2 is 2.55 bits per heavy atom. The maximum atomic E-state index is 11.1. The first-order valence-corrected chi connectivity index (χ1v) is 3.92.